The Morgan fingerprint density at radius 2 is 1.69 bits per heavy atom. The van der Waals surface area contributed by atoms with E-state index in [1.54, 1.807) is 20.3 Å². The van der Waals surface area contributed by atoms with Crippen molar-refractivity contribution in [1.82, 2.24) is 0 Å². The molecule has 0 heterocycles. The van der Waals surface area contributed by atoms with Crippen LogP contribution < -0.4 is 9.47 Å². The summed E-state index contributed by atoms with van der Waals surface area (Å²) in [6, 6.07) is 9.61. The van der Waals surface area contributed by atoms with Crippen LogP contribution in [0.2, 0.25) is 18.1 Å². The lowest BCUT2D eigenvalue weighted by Crippen LogP contribution is -2.43. The van der Waals surface area contributed by atoms with Gasteiger partial charge in [0.05, 0.1) is 20.3 Å². The number of aliphatic hydroxyl groups excluding tert-OH is 1. The molecule has 0 spiro atoms. The van der Waals surface area contributed by atoms with Crippen LogP contribution in [-0.2, 0) is 4.43 Å². The summed E-state index contributed by atoms with van der Waals surface area (Å²) in [4.78, 5) is 0. The summed E-state index contributed by atoms with van der Waals surface area (Å²) in [6.45, 7) is 13.2. The Hall–Kier alpha value is -2.00. The number of fused-ring (bicyclic) bond motifs is 1. The maximum atomic E-state index is 10.7. The summed E-state index contributed by atoms with van der Waals surface area (Å²) < 4.78 is 17.5. The molecule has 0 amide bonds. The first-order valence-corrected chi connectivity index (χ1v) is 12.9. The minimum Gasteiger partial charge on any atom is -0.496 e. The second-order valence-electron chi connectivity index (χ2n) is 8.86. The molecule has 29 heavy (non-hydrogen) atoms. The summed E-state index contributed by atoms with van der Waals surface area (Å²) in [7, 11) is 1.39. The van der Waals surface area contributed by atoms with Crippen molar-refractivity contribution >= 4 is 19.1 Å². The maximum absolute atomic E-state index is 10.7. The molecule has 0 aliphatic carbocycles. The molecular weight excluding hydrogens is 380 g/mol. The van der Waals surface area contributed by atoms with E-state index in [9.17, 15) is 5.11 Å². The fourth-order valence-electron chi connectivity index (χ4n) is 3.03. The molecule has 0 aliphatic heterocycles. The van der Waals surface area contributed by atoms with Crippen molar-refractivity contribution in [2.24, 2.45) is 0 Å². The first-order valence-electron chi connectivity index (χ1n) is 9.99. The van der Waals surface area contributed by atoms with Gasteiger partial charge in [0.25, 0.3) is 0 Å². The van der Waals surface area contributed by atoms with Crippen molar-refractivity contribution in [3.05, 3.63) is 35.9 Å². The highest BCUT2D eigenvalue weighted by atomic mass is 28.4. The molecule has 2 aromatic rings. The van der Waals surface area contributed by atoms with Crippen LogP contribution in [0.25, 0.3) is 10.8 Å². The van der Waals surface area contributed by atoms with Gasteiger partial charge in [-0.1, -0.05) is 56.9 Å². The number of benzene rings is 2. The number of methoxy groups -OCH3 is 2. The van der Waals surface area contributed by atoms with E-state index >= 15 is 0 Å². The molecule has 0 radical (unpaired) electrons. The average Bonchev–Trinajstić information content (AvgIpc) is 2.65. The van der Waals surface area contributed by atoms with Crippen molar-refractivity contribution in [3.63, 3.8) is 0 Å². The third-order valence-corrected chi connectivity index (χ3v) is 10.2. The number of hydrogen-bond acceptors (Lipinski definition) is 4. The zero-order chi connectivity index (χ0) is 21.8. The summed E-state index contributed by atoms with van der Waals surface area (Å²) in [5.74, 6) is 7.35. The number of hydrogen-bond donors (Lipinski definition) is 1. The summed E-state index contributed by atoms with van der Waals surface area (Å²) in [5, 5.41) is 12.7. The van der Waals surface area contributed by atoms with E-state index < -0.39 is 14.4 Å². The fourth-order valence-corrected chi connectivity index (χ4v) is 4.48. The van der Waals surface area contributed by atoms with Crippen LogP contribution in [0.5, 0.6) is 11.5 Å². The Balaban J connectivity index is 2.24. The molecule has 2 atom stereocenters. The minimum absolute atomic E-state index is 0.0172. The van der Waals surface area contributed by atoms with Crippen LogP contribution in [0.3, 0.4) is 0 Å². The van der Waals surface area contributed by atoms with E-state index in [0.717, 1.165) is 10.8 Å². The SMILES string of the molecule is COc1cc(C(O)C#CCC(C)O[Si](C)(C)C(C)(C)C)c(OC)c2ccccc12. The van der Waals surface area contributed by atoms with Gasteiger partial charge in [-0.15, -0.1) is 0 Å². The molecule has 158 valence electrons. The van der Waals surface area contributed by atoms with Gasteiger partial charge in [-0.05, 0) is 31.1 Å². The van der Waals surface area contributed by atoms with Crippen LogP contribution >= 0.6 is 0 Å². The normalized spacial score (nSPS) is 14.1. The van der Waals surface area contributed by atoms with Gasteiger partial charge in [0.15, 0.2) is 8.32 Å². The molecule has 0 aliphatic rings. The maximum Gasteiger partial charge on any atom is 0.192 e. The molecule has 2 aromatic carbocycles. The van der Waals surface area contributed by atoms with Crippen LogP contribution in [0.15, 0.2) is 30.3 Å². The molecule has 0 bridgehead atoms. The van der Waals surface area contributed by atoms with Crippen LogP contribution in [-0.4, -0.2) is 33.7 Å². The number of rotatable bonds is 6. The second-order valence-corrected chi connectivity index (χ2v) is 13.6. The van der Waals surface area contributed by atoms with Crippen molar-refractivity contribution in [2.75, 3.05) is 14.2 Å². The van der Waals surface area contributed by atoms with Gasteiger partial charge in [0, 0.05) is 22.8 Å². The predicted octanol–water partition coefficient (Wildman–Crippen LogP) is 5.69. The van der Waals surface area contributed by atoms with Gasteiger partial charge in [0.1, 0.15) is 17.6 Å². The van der Waals surface area contributed by atoms with Crippen LogP contribution in [0, 0.1) is 11.8 Å². The minimum atomic E-state index is -1.83. The largest absolute Gasteiger partial charge is 0.496 e. The zero-order valence-electron chi connectivity index (χ0n) is 18.9. The van der Waals surface area contributed by atoms with Gasteiger partial charge >= 0.3 is 0 Å². The molecule has 1 N–H and O–H groups in total. The fraction of sp³-hybridized carbons (Fsp3) is 0.500. The zero-order valence-corrected chi connectivity index (χ0v) is 19.9. The molecular formula is C24H34O4Si. The molecule has 5 heteroatoms. The van der Waals surface area contributed by atoms with E-state index in [0.29, 0.717) is 23.5 Å². The summed E-state index contributed by atoms with van der Waals surface area (Å²) >= 11 is 0. The van der Waals surface area contributed by atoms with E-state index in [1.165, 1.54) is 0 Å². The van der Waals surface area contributed by atoms with E-state index in [2.05, 4.69) is 45.7 Å². The van der Waals surface area contributed by atoms with Gasteiger partial charge in [0.2, 0.25) is 0 Å². The molecule has 0 saturated carbocycles. The lowest BCUT2D eigenvalue weighted by atomic mass is 10.0. The molecule has 0 saturated heterocycles. The monoisotopic (exact) mass is 414 g/mol. The average molecular weight is 415 g/mol. The Labute approximate surface area is 176 Å². The number of aliphatic hydroxyl groups is 1. The Morgan fingerprint density at radius 3 is 2.24 bits per heavy atom. The molecule has 4 nitrogen and oxygen atoms in total. The molecule has 2 rings (SSSR count). The van der Waals surface area contributed by atoms with Gasteiger partial charge in [-0.25, -0.2) is 0 Å². The smallest absolute Gasteiger partial charge is 0.192 e. The first kappa shape index (κ1) is 23.3. The number of ether oxygens (including phenoxy) is 2. The first-order chi connectivity index (χ1) is 13.5. The molecule has 0 fully saturated rings. The van der Waals surface area contributed by atoms with Crippen molar-refractivity contribution in [3.8, 4) is 23.3 Å². The molecule has 0 aromatic heterocycles. The van der Waals surface area contributed by atoms with E-state index in [4.69, 9.17) is 13.9 Å². The van der Waals surface area contributed by atoms with Gasteiger partial charge in [-0.3, -0.25) is 0 Å². The Bertz CT molecular complexity index is 903. The lowest BCUT2D eigenvalue weighted by molar-refractivity contribution is 0.203. The van der Waals surface area contributed by atoms with Gasteiger partial charge in [-0.2, -0.15) is 0 Å². The predicted molar refractivity (Wildman–Crippen MR) is 122 cm³/mol. The topological polar surface area (TPSA) is 47.9 Å². The highest BCUT2D eigenvalue weighted by Crippen LogP contribution is 2.39. The van der Waals surface area contributed by atoms with E-state index in [1.807, 2.05) is 31.2 Å². The standard InChI is InChI=1S/C24H34O4Si/c1-17(28-29(7,8)24(2,3)4)12-11-15-21(25)20-16-22(26-5)18-13-9-10-14-19(18)23(20)27-6/h9-10,13-14,16-17,21,25H,12H2,1-8H3. The Kier molecular flexibility index (Phi) is 7.39. The lowest BCUT2D eigenvalue weighted by Gasteiger charge is -2.38. The van der Waals surface area contributed by atoms with Crippen molar-refractivity contribution in [2.45, 2.75) is 64.5 Å². The summed E-state index contributed by atoms with van der Waals surface area (Å²) in [6.07, 6.45) is -0.386. The van der Waals surface area contributed by atoms with Crippen LogP contribution in [0.4, 0.5) is 0 Å². The van der Waals surface area contributed by atoms with E-state index in [-0.39, 0.29) is 11.1 Å². The Morgan fingerprint density at radius 1 is 1.07 bits per heavy atom. The second kappa shape index (κ2) is 9.21. The highest BCUT2D eigenvalue weighted by molar-refractivity contribution is 6.74. The van der Waals surface area contributed by atoms with Crippen molar-refractivity contribution < 1.29 is 19.0 Å². The molecule has 2 unspecified atom stereocenters. The van der Waals surface area contributed by atoms with Crippen LogP contribution in [0.1, 0.15) is 45.8 Å². The third-order valence-electron chi connectivity index (χ3n) is 5.63. The van der Waals surface area contributed by atoms with Crippen molar-refractivity contribution in [1.29, 1.82) is 0 Å². The summed E-state index contributed by atoms with van der Waals surface area (Å²) in [5.41, 5.74) is 0.605. The quantitative estimate of drug-likeness (QED) is 0.487. The van der Waals surface area contributed by atoms with Gasteiger partial charge < -0.3 is 19.0 Å². The third kappa shape index (κ3) is 5.33. The highest BCUT2D eigenvalue weighted by Gasteiger charge is 2.38.